The topological polar surface area (TPSA) is 79.8 Å². The first-order valence-corrected chi connectivity index (χ1v) is 12.1. The fraction of sp³-hybridized carbons (Fsp3) is 0.276. The number of aromatic amines is 1. The Morgan fingerprint density at radius 3 is 2.08 bits per heavy atom. The van der Waals surface area contributed by atoms with Crippen LogP contribution in [-0.4, -0.2) is 49.0 Å². The number of hydrogen-bond acceptors (Lipinski definition) is 6. The van der Waals surface area contributed by atoms with Crippen molar-refractivity contribution in [3.8, 4) is 45.6 Å². The summed E-state index contributed by atoms with van der Waals surface area (Å²) in [6.45, 7) is 6.72. The first-order chi connectivity index (χ1) is 17.6. The number of anilines is 1. The van der Waals surface area contributed by atoms with Crippen LogP contribution in [0.2, 0.25) is 0 Å². The van der Waals surface area contributed by atoms with E-state index in [0.29, 0.717) is 30.4 Å². The Hall–Kier alpha value is -4.13. The predicted molar refractivity (Wildman–Crippen MR) is 143 cm³/mol. The number of phenolic OH excluding ortho intramolecular Hbond substituents is 1. The van der Waals surface area contributed by atoms with E-state index in [2.05, 4.69) is 48.0 Å². The summed E-state index contributed by atoms with van der Waals surface area (Å²) in [7, 11) is 3.02. The molecule has 0 aliphatic carbocycles. The summed E-state index contributed by atoms with van der Waals surface area (Å²) < 4.78 is 16.6. The number of ether oxygens (including phenoxy) is 3. The number of aromatic nitrogens is 2. The lowest BCUT2D eigenvalue weighted by Crippen LogP contribution is -2.21. The van der Waals surface area contributed by atoms with E-state index in [1.807, 2.05) is 30.3 Å². The van der Waals surface area contributed by atoms with Gasteiger partial charge in [0.1, 0.15) is 11.6 Å². The Kier molecular flexibility index (Phi) is 8.00. The second-order valence-electron chi connectivity index (χ2n) is 8.27. The number of nitrogens with one attached hydrogen (secondary N) is 1. The third-order valence-electron chi connectivity index (χ3n) is 6.17. The zero-order valence-electron chi connectivity index (χ0n) is 21.2. The van der Waals surface area contributed by atoms with Gasteiger partial charge in [0.15, 0.2) is 11.5 Å². The van der Waals surface area contributed by atoms with Crippen molar-refractivity contribution in [2.75, 3.05) is 38.8 Å². The first-order valence-electron chi connectivity index (χ1n) is 12.1. The standard InChI is InChI=1S/C29H33N3O4/c1-5-32(6-2)22-14-12-20(13-15-22)27-24(16-17-36-23-10-8-7-9-11-23)30-29(31-27)21-18-25(34-3)28(33)26(19-21)35-4/h7-15,18-19,33H,5-6,16-17H2,1-4H3,(H,30,31). The fourth-order valence-corrected chi connectivity index (χ4v) is 4.20. The molecule has 36 heavy (non-hydrogen) atoms. The third-order valence-corrected chi connectivity index (χ3v) is 6.17. The lowest BCUT2D eigenvalue weighted by Gasteiger charge is -2.21. The van der Waals surface area contributed by atoms with Gasteiger partial charge in [-0.05, 0) is 50.2 Å². The van der Waals surface area contributed by atoms with Gasteiger partial charge >= 0.3 is 0 Å². The Morgan fingerprint density at radius 1 is 0.861 bits per heavy atom. The van der Waals surface area contributed by atoms with E-state index in [1.165, 1.54) is 19.9 Å². The smallest absolute Gasteiger partial charge is 0.200 e. The van der Waals surface area contributed by atoms with Gasteiger partial charge in [-0.3, -0.25) is 0 Å². The number of hydrogen-bond donors (Lipinski definition) is 2. The highest BCUT2D eigenvalue weighted by Crippen LogP contribution is 2.40. The van der Waals surface area contributed by atoms with Gasteiger partial charge in [0.2, 0.25) is 5.75 Å². The van der Waals surface area contributed by atoms with Crippen LogP contribution < -0.4 is 19.1 Å². The molecule has 0 atom stereocenters. The molecule has 0 spiro atoms. The minimum atomic E-state index is -0.0426. The van der Waals surface area contributed by atoms with Crippen molar-refractivity contribution >= 4 is 5.69 Å². The van der Waals surface area contributed by atoms with Gasteiger partial charge in [-0.15, -0.1) is 0 Å². The van der Waals surface area contributed by atoms with Crippen LogP contribution in [0.5, 0.6) is 23.0 Å². The lowest BCUT2D eigenvalue weighted by atomic mass is 10.1. The highest BCUT2D eigenvalue weighted by Gasteiger charge is 2.18. The molecule has 7 nitrogen and oxygen atoms in total. The number of H-pyrrole nitrogens is 1. The largest absolute Gasteiger partial charge is 0.502 e. The van der Waals surface area contributed by atoms with Crippen molar-refractivity contribution in [1.82, 2.24) is 9.97 Å². The van der Waals surface area contributed by atoms with Crippen molar-refractivity contribution in [2.24, 2.45) is 0 Å². The van der Waals surface area contributed by atoms with Crippen LogP contribution in [0.4, 0.5) is 5.69 Å². The highest BCUT2D eigenvalue weighted by atomic mass is 16.5. The summed E-state index contributed by atoms with van der Waals surface area (Å²) in [5, 5.41) is 10.3. The molecule has 0 saturated heterocycles. The summed E-state index contributed by atoms with van der Waals surface area (Å²) in [5.41, 5.74) is 4.77. The minimum absolute atomic E-state index is 0.0426. The predicted octanol–water partition coefficient (Wildman–Crippen LogP) is 5.93. The molecule has 2 N–H and O–H groups in total. The molecular formula is C29H33N3O4. The number of benzene rings is 3. The third kappa shape index (κ3) is 5.40. The first kappa shape index (κ1) is 25.0. The molecule has 1 heterocycles. The Labute approximate surface area is 212 Å². The molecule has 0 saturated carbocycles. The van der Waals surface area contributed by atoms with E-state index in [-0.39, 0.29) is 5.75 Å². The van der Waals surface area contributed by atoms with E-state index >= 15 is 0 Å². The average molecular weight is 488 g/mol. The zero-order chi connectivity index (χ0) is 25.5. The van der Waals surface area contributed by atoms with Gasteiger partial charge in [0, 0.05) is 42.0 Å². The molecule has 0 aliphatic heterocycles. The SMILES string of the molecule is CCN(CC)c1ccc(-c2nc(-c3cc(OC)c(O)c(OC)c3)[nH]c2CCOc2ccccc2)cc1. The van der Waals surface area contributed by atoms with Gasteiger partial charge in [-0.25, -0.2) is 4.98 Å². The molecule has 188 valence electrons. The summed E-state index contributed by atoms with van der Waals surface area (Å²) >= 11 is 0. The number of phenols is 1. The number of para-hydroxylation sites is 1. The van der Waals surface area contributed by atoms with E-state index in [0.717, 1.165) is 41.4 Å². The monoisotopic (exact) mass is 487 g/mol. The van der Waals surface area contributed by atoms with Gasteiger partial charge in [0.25, 0.3) is 0 Å². The van der Waals surface area contributed by atoms with Gasteiger partial charge in [0.05, 0.1) is 26.5 Å². The molecular weight excluding hydrogens is 454 g/mol. The van der Waals surface area contributed by atoms with Crippen LogP contribution in [0.1, 0.15) is 19.5 Å². The van der Waals surface area contributed by atoms with Gasteiger partial charge in [-0.1, -0.05) is 30.3 Å². The van der Waals surface area contributed by atoms with Crippen LogP contribution in [-0.2, 0) is 6.42 Å². The molecule has 4 rings (SSSR count). The van der Waals surface area contributed by atoms with Crippen LogP contribution >= 0.6 is 0 Å². The summed E-state index contributed by atoms with van der Waals surface area (Å²) in [4.78, 5) is 10.7. The van der Waals surface area contributed by atoms with Crippen LogP contribution in [0, 0.1) is 0 Å². The molecule has 4 aromatic rings. The maximum absolute atomic E-state index is 10.3. The average Bonchev–Trinajstić information content (AvgIpc) is 3.34. The molecule has 0 radical (unpaired) electrons. The maximum atomic E-state index is 10.3. The highest BCUT2D eigenvalue weighted by molar-refractivity contribution is 5.72. The molecule has 0 aliphatic rings. The Balaban J connectivity index is 1.70. The molecule has 7 heteroatoms. The van der Waals surface area contributed by atoms with E-state index in [1.54, 1.807) is 12.1 Å². The van der Waals surface area contributed by atoms with E-state index < -0.39 is 0 Å². The number of methoxy groups -OCH3 is 2. The second-order valence-corrected chi connectivity index (χ2v) is 8.27. The normalized spacial score (nSPS) is 10.8. The minimum Gasteiger partial charge on any atom is -0.502 e. The van der Waals surface area contributed by atoms with Gasteiger partial charge in [-0.2, -0.15) is 0 Å². The summed E-state index contributed by atoms with van der Waals surface area (Å²) in [5.74, 6) is 2.08. The van der Waals surface area contributed by atoms with Crippen molar-refractivity contribution in [2.45, 2.75) is 20.3 Å². The van der Waals surface area contributed by atoms with Crippen molar-refractivity contribution < 1.29 is 19.3 Å². The maximum Gasteiger partial charge on any atom is 0.200 e. The van der Waals surface area contributed by atoms with Crippen LogP contribution in [0.25, 0.3) is 22.6 Å². The molecule has 0 fully saturated rings. The van der Waals surface area contributed by atoms with Crippen LogP contribution in [0.3, 0.4) is 0 Å². The summed E-state index contributed by atoms with van der Waals surface area (Å²) in [6.07, 6.45) is 0.640. The summed E-state index contributed by atoms with van der Waals surface area (Å²) in [6, 6.07) is 21.7. The second kappa shape index (κ2) is 11.5. The molecule has 0 bridgehead atoms. The number of nitrogens with zero attached hydrogens (tertiary/aromatic N) is 2. The Morgan fingerprint density at radius 2 is 1.50 bits per heavy atom. The van der Waals surface area contributed by atoms with Crippen molar-refractivity contribution in [1.29, 1.82) is 0 Å². The van der Waals surface area contributed by atoms with E-state index in [4.69, 9.17) is 19.2 Å². The lowest BCUT2D eigenvalue weighted by molar-refractivity contribution is 0.321. The van der Waals surface area contributed by atoms with Crippen molar-refractivity contribution in [3.63, 3.8) is 0 Å². The number of rotatable bonds is 11. The Bertz CT molecular complexity index is 1240. The number of imidazole rings is 1. The molecule has 3 aromatic carbocycles. The van der Waals surface area contributed by atoms with Crippen molar-refractivity contribution in [3.05, 3.63) is 72.4 Å². The van der Waals surface area contributed by atoms with E-state index in [9.17, 15) is 5.11 Å². The quantitative estimate of drug-likeness (QED) is 0.273. The molecule has 0 amide bonds. The molecule has 0 unspecified atom stereocenters. The fourth-order valence-electron chi connectivity index (χ4n) is 4.20. The van der Waals surface area contributed by atoms with Crippen LogP contribution in [0.15, 0.2) is 66.7 Å². The zero-order valence-corrected chi connectivity index (χ0v) is 21.2. The molecule has 1 aromatic heterocycles. The number of aromatic hydroxyl groups is 1. The van der Waals surface area contributed by atoms with Gasteiger partial charge < -0.3 is 29.2 Å².